The highest BCUT2D eigenvalue weighted by atomic mass is 16.5. The van der Waals surface area contributed by atoms with Gasteiger partial charge in [0, 0.05) is 31.2 Å². The lowest BCUT2D eigenvalue weighted by Crippen LogP contribution is -2.42. The van der Waals surface area contributed by atoms with E-state index in [1.165, 1.54) is 0 Å². The molecule has 2 N–H and O–H groups in total. The van der Waals surface area contributed by atoms with E-state index in [0.717, 1.165) is 25.8 Å². The summed E-state index contributed by atoms with van der Waals surface area (Å²) in [5.41, 5.74) is -0.219. The molecule has 24 heavy (non-hydrogen) atoms. The average Bonchev–Trinajstić information content (AvgIpc) is 2.40. The first-order valence-corrected chi connectivity index (χ1v) is 9.41. The van der Waals surface area contributed by atoms with Crippen LogP contribution in [0.1, 0.15) is 81.6 Å². The number of nitrogens with one attached hydrogen (secondary N) is 2. The van der Waals surface area contributed by atoms with Crippen molar-refractivity contribution in [3.8, 4) is 0 Å². The van der Waals surface area contributed by atoms with E-state index in [0.29, 0.717) is 24.6 Å². The third-order valence-corrected chi connectivity index (χ3v) is 4.27. The second-order valence-electron chi connectivity index (χ2n) is 9.67. The predicted molar refractivity (Wildman–Crippen MR) is 103 cm³/mol. The molecule has 0 unspecified atom stereocenters. The number of hydrogen-bond donors (Lipinski definition) is 2. The first kappa shape index (κ1) is 23.4. The zero-order valence-electron chi connectivity index (χ0n) is 17.6. The number of ether oxygens (including phenoxy) is 1. The Morgan fingerprint density at radius 3 is 2.00 bits per heavy atom. The Hall–Kier alpha value is -0.610. The Bertz CT molecular complexity index is 368. The molecule has 0 radical (unpaired) electrons. The van der Waals surface area contributed by atoms with Crippen LogP contribution in [0.15, 0.2) is 0 Å². The molecule has 0 aromatic heterocycles. The van der Waals surface area contributed by atoms with Crippen LogP contribution >= 0.6 is 0 Å². The number of carbonyl (C=O) groups excluding carboxylic acids is 1. The molecule has 0 aliphatic rings. The quantitative estimate of drug-likeness (QED) is 0.555. The van der Waals surface area contributed by atoms with Crippen molar-refractivity contribution in [3.63, 3.8) is 0 Å². The van der Waals surface area contributed by atoms with Crippen molar-refractivity contribution in [2.75, 3.05) is 19.7 Å². The van der Waals surface area contributed by atoms with Gasteiger partial charge in [-0.3, -0.25) is 4.79 Å². The second kappa shape index (κ2) is 9.76. The van der Waals surface area contributed by atoms with Crippen molar-refractivity contribution < 1.29 is 9.53 Å². The standard InChI is InChI=1S/C20H42N2O2/c1-16(2)21-13-14-22-17(23)19(6,7)12-15-24-20(8,9)11-10-18(3,4)5/h16,21H,10-15H2,1-9H3,(H,22,23). The van der Waals surface area contributed by atoms with Crippen LogP contribution in [0, 0.1) is 10.8 Å². The molecule has 0 aliphatic heterocycles. The fourth-order valence-electron chi connectivity index (χ4n) is 2.22. The van der Waals surface area contributed by atoms with Gasteiger partial charge < -0.3 is 15.4 Å². The molecule has 0 aliphatic carbocycles. The van der Waals surface area contributed by atoms with E-state index in [2.05, 4.69) is 59.1 Å². The van der Waals surface area contributed by atoms with Crippen LogP contribution in [0.25, 0.3) is 0 Å². The van der Waals surface area contributed by atoms with Crippen LogP contribution in [0.4, 0.5) is 0 Å². The molecule has 0 bridgehead atoms. The van der Waals surface area contributed by atoms with Crippen LogP contribution < -0.4 is 10.6 Å². The van der Waals surface area contributed by atoms with Crippen molar-refractivity contribution in [3.05, 3.63) is 0 Å². The van der Waals surface area contributed by atoms with Gasteiger partial charge in [-0.05, 0) is 38.5 Å². The van der Waals surface area contributed by atoms with E-state index in [9.17, 15) is 4.79 Å². The van der Waals surface area contributed by atoms with Crippen molar-refractivity contribution in [1.82, 2.24) is 10.6 Å². The number of hydrogen-bond acceptors (Lipinski definition) is 3. The molecule has 0 aromatic carbocycles. The van der Waals surface area contributed by atoms with E-state index in [1.54, 1.807) is 0 Å². The molecular weight excluding hydrogens is 300 g/mol. The first-order chi connectivity index (χ1) is 10.8. The maximum absolute atomic E-state index is 12.3. The zero-order valence-corrected chi connectivity index (χ0v) is 17.6. The van der Waals surface area contributed by atoms with Gasteiger partial charge in [0.25, 0.3) is 0 Å². The fraction of sp³-hybridized carbons (Fsp3) is 0.950. The smallest absolute Gasteiger partial charge is 0.225 e. The first-order valence-electron chi connectivity index (χ1n) is 9.41. The zero-order chi connectivity index (χ0) is 19.0. The maximum Gasteiger partial charge on any atom is 0.225 e. The normalized spacial score (nSPS) is 13.4. The van der Waals surface area contributed by atoms with E-state index >= 15 is 0 Å². The van der Waals surface area contributed by atoms with Crippen LogP contribution in [0.2, 0.25) is 0 Å². The summed E-state index contributed by atoms with van der Waals surface area (Å²) in [7, 11) is 0. The highest BCUT2D eigenvalue weighted by molar-refractivity contribution is 5.81. The second-order valence-corrected chi connectivity index (χ2v) is 9.67. The third kappa shape index (κ3) is 11.9. The maximum atomic E-state index is 12.3. The Balaban J connectivity index is 4.15. The van der Waals surface area contributed by atoms with E-state index < -0.39 is 5.41 Å². The summed E-state index contributed by atoms with van der Waals surface area (Å²) < 4.78 is 6.08. The van der Waals surface area contributed by atoms with Crippen LogP contribution in [0.3, 0.4) is 0 Å². The molecule has 0 atom stereocenters. The summed E-state index contributed by atoms with van der Waals surface area (Å²) in [6, 6.07) is 0.443. The Morgan fingerprint density at radius 1 is 0.917 bits per heavy atom. The molecule has 0 aromatic rings. The number of carbonyl (C=O) groups is 1. The molecule has 4 heteroatoms. The van der Waals surface area contributed by atoms with Gasteiger partial charge >= 0.3 is 0 Å². The predicted octanol–water partition coefficient (Wildman–Crippen LogP) is 4.14. The monoisotopic (exact) mass is 342 g/mol. The summed E-state index contributed by atoms with van der Waals surface area (Å²) in [4.78, 5) is 12.3. The molecule has 0 heterocycles. The lowest BCUT2D eigenvalue weighted by molar-refractivity contribution is -0.131. The van der Waals surface area contributed by atoms with Gasteiger partial charge in [0.15, 0.2) is 0 Å². The van der Waals surface area contributed by atoms with Crippen LogP contribution in [-0.2, 0) is 9.53 Å². The lowest BCUT2D eigenvalue weighted by Gasteiger charge is -2.31. The summed E-state index contributed by atoms with van der Waals surface area (Å²) in [5.74, 6) is 0.101. The highest BCUT2D eigenvalue weighted by Crippen LogP contribution is 2.28. The van der Waals surface area contributed by atoms with Crippen LogP contribution in [0.5, 0.6) is 0 Å². The van der Waals surface area contributed by atoms with Gasteiger partial charge in [-0.15, -0.1) is 0 Å². The fourth-order valence-corrected chi connectivity index (χ4v) is 2.22. The Kier molecular flexibility index (Phi) is 9.52. The average molecular weight is 343 g/mol. The summed E-state index contributed by atoms with van der Waals surface area (Å²) in [5, 5.41) is 6.32. The molecule has 144 valence electrons. The van der Waals surface area contributed by atoms with Crippen molar-refractivity contribution in [1.29, 1.82) is 0 Å². The third-order valence-electron chi connectivity index (χ3n) is 4.27. The minimum Gasteiger partial charge on any atom is -0.376 e. The molecule has 0 saturated heterocycles. The van der Waals surface area contributed by atoms with E-state index in [1.807, 2.05) is 13.8 Å². The van der Waals surface area contributed by atoms with Gasteiger partial charge in [0.2, 0.25) is 5.91 Å². The molecule has 1 amide bonds. The Labute approximate surface area is 150 Å². The largest absolute Gasteiger partial charge is 0.376 e. The summed E-state index contributed by atoms with van der Waals surface area (Å²) in [6.07, 6.45) is 2.89. The molecule has 0 fully saturated rings. The number of rotatable bonds is 11. The van der Waals surface area contributed by atoms with Crippen LogP contribution in [-0.4, -0.2) is 37.2 Å². The van der Waals surface area contributed by atoms with Gasteiger partial charge in [0.05, 0.1) is 5.60 Å². The van der Waals surface area contributed by atoms with Gasteiger partial charge in [0.1, 0.15) is 0 Å². The van der Waals surface area contributed by atoms with Gasteiger partial charge in [-0.1, -0.05) is 48.5 Å². The van der Waals surface area contributed by atoms with Gasteiger partial charge in [-0.25, -0.2) is 0 Å². The number of amides is 1. The Morgan fingerprint density at radius 2 is 1.50 bits per heavy atom. The summed E-state index contributed by atoms with van der Waals surface area (Å²) in [6.45, 7) is 21.3. The molecule has 4 nitrogen and oxygen atoms in total. The van der Waals surface area contributed by atoms with E-state index in [4.69, 9.17) is 4.74 Å². The van der Waals surface area contributed by atoms with E-state index in [-0.39, 0.29) is 11.5 Å². The van der Waals surface area contributed by atoms with Crippen molar-refractivity contribution in [2.24, 2.45) is 10.8 Å². The lowest BCUT2D eigenvalue weighted by atomic mass is 9.85. The molecular formula is C20H42N2O2. The highest BCUT2D eigenvalue weighted by Gasteiger charge is 2.29. The van der Waals surface area contributed by atoms with Crippen molar-refractivity contribution >= 4 is 5.91 Å². The summed E-state index contributed by atoms with van der Waals surface area (Å²) >= 11 is 0. The molecule has 0 rings (SSSR count). The minimum absolute atomic E-state index is 0.101. The molecule has 0 spiro atoms. The van der Waals surface area contributed by atoms with Crippen molar-refractivity contribution in [2.45, 2.75) is 93.2 Å². The SMILES string of the molecule is CC(C)NCCNC(=O)C(C)(C)CCOC(C)(C)CCC(C)(C)C. The minimum atomic E-state index is -0.405. The topological polar surface area (TPSA) is 50.4 Å². The molecule has 0 saturated carbocycles. The van der Waals surface area contributed by atoms with Gasteiger partial charge in [-0.2, -0.15) is 0 Å².